The summed E-state index contributed by atoms with van der Waals surface area (Å²) in [5.74, 6) is -0.440. The van der Waals surface area contributed by atoms with Crippen LogP contribution in [0.15, 0.2) is 0 Å². The first-order valence-corrected chi connectivity index (χ1v) is 8.06. The standard InChI is InChI=1S/C15H24N2O4/c18-11-8-13(14(19)20)17(9-11)15(21)16-7-3-5-10-4-1-2-6-12(10)16/h10-13,18H,1-9H2,(H,19,20)/t10-,11?,12-,13?/m1/s1. The Morgan fingerprint density at radius 2 is 1.71 bits per heavy atom. The largest absolute Gasteiger partial charge is 0.480 e. The molecule has 3 aliphatic rings. The van der Waals surface area contributed by atoms with E-state index in [-0.39, 0.29) is 25.0 Å². The molecule has 3 fully saturated rings. The lowest BCUT2D eigenvalue weighted by Crippen LogP contribution is -2.56. The second kappa shape index (κ2) is 5.83. The summed E-state index contributed by atoms with van der Waals surface area (Å²) in [6.07, 6.45) is 6.20. The van der Waals surface area contributed by atoms with E-state index in [4.69, 9.17) is 0 Å². The molecule has 4 atom stereocenters. The van der Waals surface area contributed by atoms with E-state index in [1.807, 2.05) is 4.90 Å². The Hall–Kier alpha value is -1.30. The van der Waals surface area contributed by atoms with Gasteiger partial charge in [0.25, 0.3) is 0 Å². The Morgan fingerprint density at radius 1 is 1.00 bits per heavy atom. The normalized spacial score (nSPS) is 36.4. The maximum absolute atomic E-state index is 12.8. The van der Waals surface area contributed by atoms with Gasteiger partial charge in [-0.1, -0.05) is 12.8 Å². The third kappa shape index (κ3) is 2.73. The number of hydrogen-bond acceptors (Lipinski definition) is 3. The number of carboxylic acids is 1. The minimum absolute atomic E-state index is 0.142. The number of aliphatic carboxylic acids is 1. The highest BCUT2D eigenvalue weighted by atomic mass is 16.4. The number of likely N-dealkylation sites (tertiary alicyclic amines) is 2. The predicted octanol–water partition coefficient (Wildman–Crippen LogP) is 1.28. The van der Waals surface area contributed by atoms with E-state index in [0.29, 0.717) is 5.92 Å². The quantitative estimate of drug-likeness (QED) is 0.764. The third-order valence-electron chi connectivity index (χ3n) is 5.30. The number of amides is 2. The Kier molecular flexibility index (Phi) is 4.06. The number of fused-ring (bicyclic) bond motifs is 1. The molecule has 1 aliphatic carbocycles. The molecule has 0 radical (unpaired) electrons. The van der Waals surface area contributed by atoms with Crippen molar-refractivity contribution in [3.8, 4) is 0 Å². The van der Waals surface area contributed by atoms with Crippen molar-refractivity contribution >= 4 is 12.0 Å². The average molecular weight is 296 g/mol. The van der Waals surface area contributed by atoms with Crippen LogP contribution in [-0.2, 0) is 4.79 Å². The molecule has 0 aromatic rings. The second-order valence-corrected chi connectivity index (χ2v) is 6.63. The fourth-order valence-electron chi connectivity index (χ4n) is 4.29. The Balaban J connectivity index is 1.75. The minimum Gasteiger partial charge on any atom is -0.480 e. The van der Waals surface area contributed by atoms with Gasteiger partial charge < -0.3 is 20.0 Å². The molecule has 2 N–H and O–H groups in total. The molecule has 2 heterocycles. The van der Waals surface area contributed by atoms with Crippen LogP contribution in [0.3, 0.4) is 0 Å². The first kappa shape index (κ1) is 14.6. The van der Waals surface area contributed by atoms with E-state index >= 15 is 0 Å². The number of aliphatic hydroxyl groups excluding tert-OH is 1. The second-order valence-electron chi connectivity index (χ2n) is 6.63. The number of hydrogen-bond donors (Lipinski definition) is 2. The van der Waals surface area contributed by atoms with Crippen molar-refractivity contribution in [1.82, 2.24) is 9.80 Å². The highest BCUT2D eigenvalue weighted by Crippen LogP contribution is 2.36. The fraction of sp³-hybridized carbons (Fsp3) is 0.867. The van der Waals surface area contributed by atoms with Gasteiger partial charge >= 0.3 is 12.0 Å². The molecule has 3 rings (SSSR count). The van der Waals surface area contributed by atoms with Gasteiger partial charge in [-0.05, 0) is 31.6 Å². The zero-order valence-corrected chi connectivity index (χ0v) is 12.3. The van der Waals surface area contributed by atoms with Crippen molar-refractivity contribution in [3.63, 3.8) is 0 Å². The van der Waals surface area contributed by atoms with Crippen LogP contribution in [-0.4, -0.2) is 63.3 Å². The van der Waals surface area contributed by atoms with Crippen molar-refractivity contribution in [2.24, 2.45) is 5.92 Å². The molecule has 2 aliphatic heterocycles. The first-order chi connectivity index (χ1) is 10.1. The maximum atomic E-state index is 12.8. The van der Waals surface area contributed by atoms with Crippen LogP contribution >= 0.6 is 0 Å². The van der Waals surface area contributed by atoms with E-state index in [0.717, 1.165) is 25.8 Å². The highest BCUT2D eigenvalue weighted by Gasteiger charge is 2.44. The summed E-state index contributed by atoms with van der Waals surface area (Å²) in [6.45, 7) is 0.864. The van der Waals surface area contributed by atoms with Crippen LogP contribution in [0.5, 0.6) is 0 Å². The van der Waals surface area contributed by atoms with Crippen LogP contribution in [0.2, 0.25) is 0 Å². The number of carbonyl (C=O) groups is 2. The SMILES string of the molecule is O=C(O)C1CC(O)CN1C(=O)N1CCC[C@H]2CCCC[C@H]21. The van der Waals surface area contributed by atoms with E-state index in [2.05, 4.69) is 0 Å². The molecule has 6 nitrogen and oxygen atoms in total. The van der Waals surface area contributed by atoms with Crippen LogP contribution in [0.25, 0.3) is 0 Å². The van der Waals surface area contributed by atoms with E-state index in [1.165, 1.54) is 24.2 Å². The number of urea groups is 1. The summed E-state index contributed by atoms with van der Waals surface area (Å²) in [6, 6.07) is -0.792. The van der Waals surface area contributed by atoms with Gasteiger partial charge in [-0.25, -0.2) is 9.59 Å². The summed E-state index contributed by atoms with van der Waals surface area (Å²) in [7, 11) is 0. The molecular weight excluding hydrogens is 272 g/mol. The lowest BCUT2D eigenvalue weighted by atomic mass is 9.78. The van der Waals surface area contributed by atoms with Crippen LogP contribution in [0, 0.1) is 5.92 Å². The van der Waals surface area contributed by atoms with Crippen LogP contribution in [0.4, 0.5) is 4.79 Å². The van der Waals surface area contributed by atoms with Crippen molar-refractivity contribution in [2.75, 3.05) is 13.1 Å². The van der Waals surface area contributed by atoms with Crippen molar-refractivity contribution in [1.29, 1.82) is 0 Å². The number of β-amino-alcohol motifs (C(OH)–C–C–N with tert-alkyl or cyclic N) is 1. The van der Waals surface area contributed by atoms with E-state index < -0.39 is 18.1 Å². The van der Waals surface area contributed by atoms with Crippen molar-refractivity contribution in [3.05, 3.63) is 0 Å². The number of aliphatic hydroxyl groups is 1. The predicted molar refractivity (Wildman–Crippen MR) is 75.8 cm³/mol. The number of carbonyl (C=O) groups excluding carboxylic acids is 1. The molecule has 6 heteroatoms. The molecule has 21 heavy (non-hydrogen) atoms. The molecule has 0 aromatic heterocycles. The van der Waals surface area contributed by atoms with E-state index in [9.17, 15) is 19.8 Å². The van der Waals surface area contributed by atoms with Gasteiger partial charge in [0.05, 0.1) is 6.10 Å². The smallest absolute Gasteiger partial charge is 0.326 e. The van der Waals surface area contributed by atoms with Crippen LogP contribution in [0.1, 0.15) is 44.9 Å². The monoisotopic (exact) mass is 296 g/mol. The van der Waals surface area contributed by atoms with Gasteiger partial charge in [-0.3, -0.25) is 0 Å². The molecule has 2 unspecified atom stereocenters. The molecule has 2 amide bonds. The molecule has 1 saturated carbocycles. The molecule has 2 saturated heterocycles. The lowest BCUT2D eigenvalue weighted by molar-refractivity contribution is -0.141. The van der Waals surface area contributed by atoms with Crippen LogP contribution < -0.4 is 0 Å². The molecule has 0 bridgehead atoms. The molecule has 0 aromatic carbocycles. The highest BCUT2D eigenvalue weighted by molar-refractivity contribution is 5.83. The van der Waals surface area contributed by atoms with E-state index in [1.54, 1.807) is 0 Å². The van der Waals surface area contributed by atoms with Crippen molar-refractivity contribution in [2.45, 2.75) is 63.1 Å². The summed E-state index contributed by atoms with van der Waals surface area (Å²) in [4.78, 5) is 27.4. The Labute approximate surface area is 124 Å². The molecule has 0 spiro atoms. The third-order valence-corrected chi connectivity index (χ3v) is 5.30. The molecular formula is C15H24N2O4. The summed E-state index contributed by atoms with van der Waals surface area (Å²) in [5.41, 5.74) is 0. The van der Waals surface area contributed by atoms with Gasteiger partial charge in [-0.15, -0.1) is 0 Å². The Bertz CT molecular complexity index is 426. The number of piperidine rings is 1. The zero-order valence-electron chi connectivity index (χ0n) is 12.3. The number of carboxylic acid groups (broad SMARTS) is 1. The number of nitrogens with zero attached hydrogens (tertiary/aromatic N) is 2. The van der Waals surface area contributed by atoms with Gasteiger partial charge in [0.1, 0.15) is 6.04 Å². The van der Waals surface area contributed by atoms with Gasteiger partial charge in [0, 0.05) is 25.6 Å². The average Bonchev–Trinajstić information content (AvgIpc) is 2.88. The summed E-state index contributed by atoms with van der Waals surface area (Å²) < 4.78 is 0. The summed E-state index contributed by atoms with van der Waals surface area (Å²) in [5, 5.41) is 19.0. The summed E-state index contributed by atoms with van der Waals surface area (Å²) >= 11 is 0. The van der Waals surface area contributed by atoms with Gasteiger partial charge in [0.15, 0.2) is 0 Å². The number of rotatable bonds is 1. The topological polar surface area (TPSA) is 81.1 Å². The maximum Gasteiger partial charge on any atom is 0.326 e. The first-order valence-electron chi connectivity index (χ1n) is 8.06. The van der Waals surface area contributed by atoms with Crippen molar-refractivity contribution < 1.29 is 19.8 Å². The minimum atomic E-state index is -1.02. The van der Waals surface area contributed by atoms with Gasteiger partial charge in [-0.2, -0.15) is 0 Å². The van der Waals surface area contributed by atoms with Gasteiger partial charge in [0.2, 0.25) is 0 Å². The lowest BCUT2D eigenvalue weighted by Gasteiger charge is -2.45. The zero-order chi connectivity index (χ0) is 15.0. The fourth-order valence-corrected chi connectivity index (χ4v) is 4.29. The Morgan fingerprint density at radius 3 is 2.48 bits per heavy atom. The molecule has 118 valence electrons.